The van der Waals surface area contributed by atoms with E-state index >= 15 is 4.39 Å². The van der Waals surface area contributed by atoms with E-state index in [1.54, 1.807) is 20.0 Å². The van der Waals surface area contributed by atoms with Crippen molar-refractivity contribution in [2.24, 2.45) is 11.8 Å². The highest BCUT2D eigenvalue weighted by Gasteiger charge is 2.61. The molecule has 1 saturated carbocycles. The number of fused-ring (bicyclic) bond motifs is 3. The van der Waals surface area contributed by atoms with Crippen molar-refractivity contribution in [3.05, 3.63) is 76.0 Å². The number of carbonyl (C=O) groups excluding carboxylic acids is 1. The summed E-state index contributed by atoms with van der Waals surface area (Å²) in [6, 6.07) is 7.86. The molecule has 3 atom stereocenters. The monoisotopic (exact) mass is 617 g/mol. The molecule has 0 unspecified atom stereocenters. The van der Waals surface area contributed by atoms with Crippen LogP contribution >= 0.6 is 0 Å². The van der Waals surface area contributed by atoms with E-state index in [1.807, 2.05) is 52.8 Å². The Hall–Kier alpha value is -4.25. The second-order valence-corrected chi connectivity index (χ2v) is 13.8. The van der Waals surface area contributed by atoms with Gasteiger partial charge in [0.1, 0.15) is 23.8 Å². The van der Waals surface area contributed by atoms with Gasteiger partial charge in [-0.1, -0.05) is 0 Å². The number of ether oxygens (including phenoxy) is 2. The Bertz CT molecular complexity index is 1780. The number of aliphatic hydroxyl groups is 1. The van der Waals surface area contributed by atoms with Crippen LogP contribution in [-0.4, -0.2) is 47.5 Å². The molecule has 0 aliphatic heterocycles. The van der Waals surface area contributed by atoms with Gasteiger partial charge in [-0.15, -0.1) is 10.2 Å². The molecule has 1 fully saturated rings. The van der Waals surface area contributed by atoms with Crippen LogP contribution in [0.1, 0.15) is 68.4 Å². The molecule has 0 radical (unpaired) electrons. The van der Waals surface area contributed by atoms with E-state index in [9.17, 15) is 14.3 Å². The van der Waals surface area contributed by atoms with Crippen LogP contribution in [0.2, 0.25) is 0 Å². The first kappa shape index (κ1) is 30.8. The van der Waals surface area contributed by atoms with Crippen LogP contribution in [0.3, 0.4) is 0 Å². The highest BCUT2D eigenvalue weighted by atomic mass is 19.1. The standard InChI is InChI=1S/C34H37F2N5O4/c1-17-8-20(31-38-40-41(39-31)16-34(6,7)43)9-18(2)28(17)22-11-21(25(35)13-26(22)36)15-44-27-12-19-10-23-29(24(19)14-37-27)30(23)32(42)45-33(3,4)5/h8-9,11-14,23,29-30,43H,10,15-16H2,1-7H3/t23-,29-,30+/m1/s1. The molecule has 4 aromatic rings. The summed E-state index contributed by atoms with van der Waals surface area (Å²) in [6.45, 7) is 12.6. The fourth-order valence-corrected chi connectivity index (χ4v) is 6.38. The van der Waals surface area contributed by atoms with Crippen LogP contribution < -0.4 is 4.74 Å². The smallest absolute Gasteiger partial charge is 0.310 e. The van der Waals surface area contributed by atoms with E-state index in [0.29, 0.717) is 22.8 Å². The van der Waals surface area contributed by atoms with Crippen LogP contribution in [0.15, 0.2) is 36.5 Å². The maximum absolute atomic E-state index is 15.2. The van der Waals surface area contributed by atoms with Crippen molar-refractivity contribution in [2.45, 2.75) is 85.2 Å². The Morgan fingerprint density at radius 2 is 1.76 bits per heavy atom. The van der Waals surface area contributed by atoms with Gasteiger partial charge in [0.05, 0.1) is 18.1 Å². The van der Waals surface area contributed by atoms with Gasteiger partial charge in [-0.05, 0) is 112 Å². The molecule has 11 heteroatoms. The Morgan fingerprint density at radius 3 is 2.42 bits per heavy atom. The zero-order valence-corrected chi connectivity index (χ0v) is 26.5. The van der Waals surface area contributed by atoms with Gasteiger partial charge < -0.3 is 14.6 Å². The molecule has 9 nitrogen and oxygen atoms in total. The topological polar surface area (TPSA) is 112 Å². The van der Waals surface area contributed by atoms with E-state index in [2.05, 4.69) is 20.4 Å². The third kappa shape index (κ3) is 6.31. The molecule has 0 spiro atoms. The van der Waals surface area contributed by atoms with Gasteiger partial charge in [0.25, 0.3) is 0 Å². The van der Waals surface area contributed by atoms with Gasteiger partial charge in [0.2, 0.25) is 11.7 Å². The number of rotatable bonds is 8. The van der Waals surface area contributed by atoms with Crippen molar-refractivity contribution in [3.63, 3.8) is 0 Å². The van der Waals surface area contributed by atoms with Gasteiger partial charge in [-0.3, -0.25) is 4.79 Å². The molecule has 0 saturated heterocycles. The van der Waals surface area contributed by atoms with Crippen molar-refractivity contribution < 1.29 is 28.2 Å². The lowest BCUT2D eigenvalue weighted by molar-refractivity contribution is -0.157. The van der Waals surface area contributed by atoms with Gasteiger partial charge in [-0.25, -0.2) is 13.8 Å². The summed E-state index contributed by atoms with van der Waals surface area (Å²) in [5.74, 6) is -0.655. The number of halogens is 2. The Kier molecular flexibility index (Phi) is 7.50. The van der Waals surface area contributed by atoms with Crippen LogP contribution in [0.5, 0.6) is 5.88 Å². The maximum atomic E-state index is 15.2. The fraction of sp³-hybridized carbons (Fsp3) is 0.441. The minimum absolute atomic E-state index is 0.113. The molecule has 0 amide bonds. The lowest BCUT2D eigenvalue weighted by Crippen LogP contribution is -2.27. The number of esters is 1. The van der Waals surface area contributed by atoms with Crippen LogP contribution in [-0.2, 0) is 29.1 Å². The molecule has 2 aromatic carbocycles. The Balaban J connectivity index is 1.18. The number of aryl methyl sites for hydroxylation is 2. The number of aromatic nitrogens is 5. The van der Waals surface area contributed by atoms with E-state index < -0.39 is 22.8 Å². The van der Waals surface area contributed by atoms with Crippen molar-refractivity contribution in [1.29, 1.82) is 0 Å². The fourth-order valence-electron chi connectivity index (χ4n) is 6.38. The van der Waals surface area contributed by atoms with Gasteiger partial charge in [-0.2, -0.15) is 4.80 Å². The first-order chi connectivity index (χ1) is 21.1. The minimum Gasteiger partial charge on any atom is -0.473 e. The Labute approximate surface area is 260 Å². The van der Waals surface area contributed by atoms with E-state index in [0.717, 1.165) is 34.7 Å². The third-order valence-corrected chi connectivity index (χ3v) is 8.21. The number of nitrogens with zero attached hydrogens (tertiary/aromatic N) is 5. The molecular formula is C34H37F2N5O4. The molecular weight excluding hydrogens is 580 g/mol. The average Bonchev–Trinajstić information content (AvgIpc) is 3.23. The van der Waals surface area contributed by atoms with E-state index in [4.69, 9.17) is 9.47 Å². The highest BCUT2D eigenvalue weighted by molar-refractivity contribution is 5.80. The average molecular weight is 618 g/mol. The second-order valence-electron chi connectivity index (χ2n) is 13.8. The maximum Gasteiger partial charge on any atom is 0.310 e. The summed E-state index contributed by atoms with van der Waals surface area (Å²) >= 11 is 0. The van der Waals surface area contributed by atoms with Gasteiger partial charge >= 0.3 is 5.97 Å². The lowest BCUT2D eigenvalue weighted by Gasteiger charge is -2.20. The second kappa shape index (κ2) is 11.0. The number of pyridine rings is 1. The number of benzene rings is 2. The first-order valence-electron chi connectivity index (χ1n) is 15.0. The summed E-state index contributed by atoms with van der Waals surface area (Å²) in [5.41, 5.74) is 3.86. The Morgan fingerprint density at radius 1 is 1.04 bits per heavy atom. The minimum atomic E-state index is -1.00. The molecule has 0 bridgehead atoms. The highest BCUT2D eigenvalue weighted by Crippen LogP contribution is 2.62. The normalized spacial score (nSPS) is 18.8. The van der Waals surface area contributed by atoms with Crippen LogP contribution in [0.25, 0.3) is 22.5 Å². The summed E-state index contributed by atoms with van der Waals surface area (Å²) in [7, 11) is 0. The molecule has 236 valence electrons. The summed E-state index contributed by atoms with van der Waals surface area (Å²) < 4.78 is 41.6. The summed E-state index contributed by atoms with van der Waals surface area (Å²) in [6.07, 6.45) is 2.47. The largest absolute Gasteiger partial charge is 0.473 e. The molecule has 2 aliphatic rings. The predicted molar refractivity (Wildman–Crippen MR) is 162 cm³/mol. The number of carbonyl (C=O) groups is 1. The molecule has 1 N–H and O–H groups in total. The lowest BCUT2D eigenvalue weighted by atomic mass is 9.92. The van der Waals surface area contributed by atoms with Crippen molar-refractivity contribution in [2.75, 3.05) is 0 Å². The molecule has 2 aromatic heterocycles. The van der Waals surface area contributed by atoms with Gasteiger partial charge in [0, 0.05) is 40.9 Å². The number of hydrogen-bond acceptors (Lipinski definition) is 8. The van der Waals surface area contributed by atoms with E-state index in [-0.39, 0.29) is 48.0 Å². The van der Waals surface area contributed by atoms with Crippen molar-refractivity contribution >= 4 is 5.97 Å². The zero-order chi connectivity index (χ0) is 32.4. The van der Waals surface area contributed by atoms with Gasteiger partial charge in [0.15, 0.2) is 0 Å². The predicted octanol–water partition coefficient (Wildman–Crippen LogP) is 5.87. The molecule has 45 heavy (non-hydrogen) atoms. The molecule has 6 rings (SSSR count). The quantitative estimate of drug-likeness (QED) is 0.244. The SMILES string of the molecule is Cc1cc(-c2nnn(CC(C)(C)O)n2)cc(C)c1-c1cc(COc2cc3c(cn2)[C@H]2[C@@H](C3)[C@@H]2C(=O)OC(C)(C)C)c(F)cc1F. The molecule has 2 heterocycles. The van der Waals surface area contributed by atoms with Crippen LogP contribution in [0.4, 0.5) is 8.78 Å². The van der Waals surface area contributed by atoms with Crippen molar-refractivity contribution in [1.82, 2.24) is 25.2 Å². The molecule has 2 aliphatic carbocycles. The van der Waals surface area contributed by atoms with Crippen LogP contribution in [0, 0.1) is 37.3 Å². The zero-order valence-electron chi connectivity index (χ0n) is 26.5. The first-order valence-corrected chi connectivity index (χ1v) is 15.0. The van der Waals surface area contributed by atoms with Crippen molar-refractivity contribution in [3.8, 4) is 28.4 Å². The summed E-state index contributed by atoms with van der Waals surface area (Å²) in [4.78, 5) is 18.3. The summed E-state index contributed by atoms with van der Waals surface area (Å²) in [5, 5.41) is 22.6. The number of hydrogen-bond donors (Lipinski definition) is 1. The number of tetrazole rings is 1. The third-order valence-electron chi connectivity index (χ3n) is 8.21. The van der Waals surface area contributed by atoms with E-state index in [1.165, 1.54) is 10.9 Å².